The van der Waals surface area contributed by atoms with Crippen LogP contribution in [0.1, 0.15) is 47.1 Å². The van der Waals surface area contributed by atoms with Gasteiger partial charge in [0.15, 0.2) is 0 Å². The van der Waals surface area contributed by atoms with Gasteiger partial charge >= 0.3 is 0 Å². The second-order valence-electron chi connectivity index (χ2n) is 8.58. The van der Waals surface area contributed by atoms with Gasteiger partial charge in [0.1, 0.15) is 11.6 Å². The predicted molar refractivity (Wildman–Crippen MR) is 122 cm³/mol. The number of amides is 1. The fourth-order valence-electron chi connectivity index (χ4n) is 4.26. The largest absolute Gasteiger partial charge is 0.497 e. The summed E-state index contributed by atoms with van der Waals surface area (Å²) in [4.78, 5) is 14.6. The van der Waals surface area contributed by atoms with Gasteiger partial charge in [-0.25, -0.2) is 0 Å². The van der Waals surface area contributed by atoms with E-state index < -0.39 is 0 Å². The normalized spacial score (nSPS) is 17.9. The molecule has 2 aromatic carbocycles. The maximum atomic E-state index is 12.4. The number of H-pyrrole nitrogens is 1. The number of ether oxygens (including phenoxy) is 1. The molecule has 1 fully saturated rings. The first-order valence-corrected chi connectivity index (χ1v) is 10.7. The molecule has 2 N–H and O–H groups in total. The molecule has 1 amide bonds. The Labute approximate surface area is 183 Å². The van der Waals surface area contributed by atoms with Gasteiger partial charge in [0.25, 0.3) is 0 Å². The number of hydrogen-bond donors (Lipinski definition) is 2. The third kappa shape index (κ3) is 5.14. The Morgan fingerprint density at radius 2 is 1.87 bits per heavy atom. The van der Waals surface area contributed by atoms with Crippen molar-refractivity contribution in [2.24, 2.45) is 0 Å². The average Bonchev–Trinajstić information content (AvgIpc) is 3.16. The number of anilines is 1. The quantitative estimate of drug-likeness (QED) is 0.572. The van der Waals surface area contributed by atoms with Gasteiger partial charge in [-0.1, -0.05) is 36.4 Å². The molecule has 0 atom stereocenters. The number of nitrogens with zero attached hydrogens (tertiary/aromatic N) is 2. The molecule has 3 aromatic rings. The molecule has 6 nitrogen and oxygen atoms in total. The highest BCUT2D eigenvalue weighted by molar-refractivity contribution is 5.91. The van der Waals surface area contributed by atoms with Gasteiger partial charge in [0.05, 0.1) is 19.2 Å². The molecule has 4 rings (SSSR count). The molecular formula is C25H30N4O2. The van der Waals surface area contributed by atoms with Crippen LogP contribution in [0.4, 0.5) is 5.82 Å². The molecule has 0 radical (unpaired) electrons. The molecule has 0 aliphatic heterocycles. The van der Waals surface area contributed by atoms with Crippen molar-refractivity contribution >= 4 is 11.7 Å². The minimum absolute atomic E-state index is 0.0653. The molecular weight excluding hydrogens is 388 g/mol. The van der Waals surface area contributed by atoms with Gasteiger partial charge in [-0.2, -0.15) is 5.10 Å². The zero-order chi connectivity index (χ0) is 21.8. The van der Waals surface area contributed by atoms with Gasteiger partial charge in [-0.3, -0.25) is 9.89 Å². The first-order chi connectivity index (χ1) is 15.0. The van der Waals surface area contributed by atoms with Crippen molar-refractivity contribution < 1.29 is 9.53 Å². The highest BCUT2D eigenvalue weighted by Crippen LogP contribution is 2.48. The predicted octanol–water partition coefficient (Wildman–Crippen LogP) is 4.32. The molecule has 0 spiro atoms. The van der Waals surface area contributed by atoms with Gasteiger partial charge in [0.2, 0.25) is 5.91 Å². The first-order valence-electron chi connectivity index (χ1n) is 10.7. The van der Waals surface area contributed by atoms with E-state index in [-0.39, 0.29) is 5.91 Å². The van der Waals surface area contributed by atoms with Gasteiger partial charge in [-0.05, 0) is 61.7 Å². The molecule has 31 heavy (non-hydrogen) atoms. The Morgan fingerprint density at radius 1 is 1.13 bits per heavy atom. The van der Waals surface area contributed by atoms with Crippen molar-refractivity contribution in [3.05, 3.63) is 77.0 Å². The van der Waals surface area contributed by atoms with Crippen molar-refractivity contribution in [2.75, 3.05) is 26.5 Å². The van der Waals surface area contributed by atoms with Crippen molar-refractivity contribution in [2.45, 2.75) is 37.6 Å². The van der Waals surface area contributed by atoms with E-state index in [1.807, 2.05) is 30.3 Å². The molecule has 1 aliphatic carbocycles. The second kappa shape index (κ2) is 9.35. The standard InChI is InChI=1S/C25H30N4O2/c1-29(2)16-18-6-4-5-7-22(18)19-13-20(14-19)23-15-24(28-27-23)26-25(30)12-17-8-10-21(31-3)11-9-17/h4-11,15,19-20H,12-14,16H2,1-3H3,(H2,26,27,28,30)/t19-,20+. The SMILES string of the molecule is COc1ccc(CC(=O)Nc2cc([C@H]3C[C@@H](c4ccccc4CN(C)C)C3)n[nH]2)cc1. The highest BCUT2D eigenvalue weighted by atomic mass is 16.5. The topological polar surface area (TPSA) is 70.2 Å². The number of nitrogens with one attached hydrogen (secondary N) is 2. The summed E-state index contributed by atoms with van der Waals surface area (Å²) in [5, 5.41) is 10.4. The molecule has 1 saturated carbocycles. The van der Waals surface area contributed by atoms with E-state index in [4.69, 9.17) is 4.74 Å². The summed E-state index contributed by atoms with van der Waals surface area (Å²) in [6, 6.07) is 18.2. The third-order valence-electron chi connectivity index (χ3n) is 5.93. The molecule has 6 heteroatoms. The van der Waals surface area contributed by atoms with Crippen molar-refractivity contribution in [3.63, 3.8) is 0 Å². The van der Waals surface area contributed by atoms with Crippen LogP contribution < -0.4 is 10.1 Å². The summed E-state index contributed by atoms with van der Waals surface area (Å²) in [6.07, 6.45) is 2.50. The van der Waals surface area contributed by atoms with E-state index in [1.165, 1.54) is 11.1 Å². The number of benzene rings is 2. The van der Waals surface area contributed by atoms with Crippen LogP contribution in [0.2, 0.25) is 0 Å². The van der Waals surface area contributed by atoms with Crippen molar-refractivity contribution in [1.82, 2.24) is 15.1 Å². The Bertz CT molecular complexity index is 1020. The zero-order valence-corrected chi connectivity index (χ0v) is 18.4. The maximum Gasteiger partial charge on any atom is 0.229 e. The summed E-state index contributed by atoms with van der Waals surface area (Å²) in [6.45, 7) is 0.962. The van der Waals surface area contributed by atoms with Crippen LogP contribution in [0.3, 0.4) is 0 Å². The first kappa shape index (κ1) is 21.1. The van der Waals surface area contributed by atoms with Crippen LogP contribution in [-0.2, 0) is 17.8 Å². The van der Waals surface area contributed by atoms with E-state index >= 15 is 0 Å². The van der Waals surface area contributed by atoms with E-state index in [1.54, 1.807) is 7.11 Å². The maximum absolute atomic E-state index is 12.4. The molecule has 0 saturated heterocycles. The molecule has 0 bridgehead atoms. The van der Waals surface area contributed by atoms with Crippen LogP contribution in [0, 0.1) is 0 Å². The van der Waals surface area contributed by atoms with Crippen LogP contribution in [-0.4, -0.2) is 42.2 Å². The van der Waals surface area contributed by atoms with Gasteiger partial charge in [0, 0.05) is 18.5 Å². The van der Waals surface area contributed by atoms with E-state index in [0.29, 0.717) is 24.1 Å². The lowest BCUT2D eigenvalue weighted by Crippen LogP contribution is -2.23. The zero-order valence-electron chi connectivity index (χ0n) is 18.4. The Morgan fingerprint density at radius 3 is 2.58 bits per heavy atom. The third-order valence-corrected chi connectivity index (χ3v) is 5.93. The number of aromatic nitrogens is 2. The molecule has 1 aliphatic rings. The van der Waals surface area contributed by atoms with Gasteiger partial charge < -0.3 is 15.0 Å². The lowest BCUT2D eigenvalue weighted by molar-refractivity contribution is -0.115. The number of carbonyl (C=O) groups excluding carboxylic acids is 1. The Kier molecular flexibility index (Phi) is 6.37. The van der Waals surface area contributed by atoms with Crippen LogP contribution in [0.5, 0.6) is 5.75 Å². The Hall–Kier alpha value is -3.12. The number of aromatic amines is 1. The fourth-order valence-corrected chi connectivity index (χ4v) is 4.26. The number of hydrogen-bond acceptors (Lipinski definition) is 4. The Balaban J connectivity index is 1.31. The molecule has 1 heterocycles. The van der Waals surface area contributed by atoms with E-state index in [2.05, 4.69) is 58.8 Å². The smallest absolute Gasteiger partial charge is 0.229 e. The molecule has 0 unspecified atom stereocenters. The van der Waals surface area contributed by atoms with Crippen LogP contribution in [0.15, 0.2) is 54.6 Å². The summed E-state index contributed by atoms with van der Waals surface area (Å²) in [5.74, 6) is 2.38. The minimum Gasteiger partial charge on any atom is -0.497 e. The molecule has 1 aromatic heterocycles. The van der Waals surface area contributed by atoms with Gasteiger partial charge in [-0.15, -0.1) is 0 Å². The minimum atomic E-state index is -0.0653. The highest BCUT2D eigenvalue weighted by Gasteiger charge is 2.34. The number of rotatable bonds is 8. The molecule has 162 valence electrons. The lowest BCUT2D eigenvalue weighted by Gasteiger charge is -2.36. The van der Waals surface area contributed by atoms with Crippen LogP contribution >= 0.6 is 0 Å². The lowest BCUT2D eigenvalue weighted by atomic mass is 9.69. The van der Waals surface area contributed by atoms with Crippen molar-refractivity contribution in [3.8, 4) is 5.75 Å². The summed E-state index contributed by atoms with van der Waals surface area (Å²) >= 11 is 0. The average molecular weight is 419 g/mol. The summed E-state index contributed by atoms with van der Waals surface area (Å²) in [5.41, 5.74) is 4.83. The van der Waals surface area contributed by atoms with Crippen molar-refractivity contribution in [1.29, 1.82) is 0 Å². The second-order valence-corrected chi connectivity index (χ2v) is 8.58. The summed E-state index contributed by atoms with van der Waals surface area (Å²) in [7, 11) is 5.84. The number of carbonyl (C=O) groups is 1. The monoisotopic (exact) mass is 418 g/mol. The number of methoxy groups -OCH3 is 1. The van der Waals surface area contributed by atoms with Crippen LogP contribution in [0.25, 0.3) is 0 Å². The fraction of sp³-hybridized carbons (Fsp3) is 0.360. The van der Waals surface area contributed by atoms with E-state index in [9.17, 15) is 4.79 Å². The van der Waals surface area contributed by atoms with E-state index in [0.717, 1.165) is 36.4 Å². The summed E-state index contributed by atoms with van der Waals surface area (Å²) < 4.78 is 5.15.